The Morgan fingerprint density at radius 2 is 1.88 bits per heavy atom. The van der Waals surface area contributed by atoms with Crippen LogP contribution in [0.1, 0.15) is 26.6 Å². The summed E-state index contributed by atoms with van der Waals surface area (Å²) in [5.41, 5.74) is -0.243. The number of aromatic nitrogens is 5. The van der Waals surface area contributed by atoms with Crippen LogP contribution in [0.3, 0.4) is 0 Å². The van der Waals surface area contributed by atoms with Crippen molar-refractivity contribution in [2.75, 3.05) is 0 Å². The normalized spacial score (nSPS) is 12.3. The summed E-state index contributed by atoms with van der Waals surface area (Å²) in [5.74, 6) is -0.956. The number of carbonyl (C=O) groups is 2. The molecule has 0 spiro atoms. The Morgan fingerprint density at radius 3 is 2.40 bits per heavy atom. The quantitative estimate of drug-likeness (QED) is 0.806. The van der Waals surface area contributed by atoms with Crippen LogP contribution in [0.5, 0.6) is 0 Å². The van der Waals surface area contributed by atoms with Crippen LogP contribution < -0.4 is 5.32 Å². The molecule has 2 aromatic rings. The molecule has 25 heavy (non-hydrogen) atoms. The van der Waals surface area contributed by atoms with E-state index in [-0.39, 0.29) is 18.1 Å². The SMILES string of the molecule is CC(C)(C)OC(=O)N[C@@H](Cc1nnc(-c2ccccn2)nn1)C(=O)O. The van der Waals surface area contributed by atoms with E-state index in [9.17, 15) is 14.7 Å². The van der Waals surface area contributed by atoms with E-state index in [0.717, 1.165) is 0 Å². The third-order valence-corrected chi connectivity index (χ3v) is 2.79. The summed E-state index contributed by atoms with van der Waals surface area (Å²) in [6, 6.07) is 3.95. The van der Waals surface area contributed by atoms with Crippen molar-refractivity contribution in [1.82, 2.24) is 30.7 Å². The van der Waals surface area contributed by atoms with Gasteiger partial charge in [-0.15, -0.1) is 20.4 Å². The molecule has 0 aliphatic heterocycles. The number of rotatable bonds is 5. The minimum atomic E-state index is -1.26. The molecule has 1 amide bonds. The van der Waals surface area contributed by atoms with Crippen molar-refractivity contribution < 1.29 is 19.4 Å². The number of amides is 1. The number of alkyl carbamates (subject to hydrolysis) is 1. The third kappa shape index (κ3) is 5.75. The maximum atomic E-state index is 11.7. The number of carboxylic acid groups (broad SMARTS) is 1. The van der Waals surface area contributed by atoms with Gasteiger partial charge >= 0.3 is 12.1 Å². The second-order valence-electron chi connectivity index (χ2n) is 6.10. The van der Waals surface area contributed by atoms with E-state index in [4.69, 9.17) is 4.74 Å². The molecule has 0 saturated carbocycles. The first kappa shape index (κ1) is 18.2. The number of nitrogens with zero attached hydrogens (tertiary/aromatic N) is 5. The van der Waals surface area contributed by atoms with Gasteiger partial charge in [0, 0.05) is 12.6 Å². The Hall–Kier alpha value is -3.17. The molecule has 0 bridgehead atoms. The molecule has 2 heterocycles. The summed E-state index contributed by atoms with van der Waals surface area (Å²) in [7, 11) is 0. The number of pyridine rings is 1. The molecule has 132 valence electrons. The molecule has 10 heteroatoms. The fourth-order valence-corrected chi connectivity index (χ4v) is 1.76. The summed E-state index contributed by atoms with van der Waals surface area (Å²) in [6.45, 7) is 5.03. The summed E-state index contributed by atoms with van der Waals surface area (Å²) < 4.78 is 5.04. The molecular weight excluding hydrogens is 328 g/mol. The van der Waals surface area contributed by atoms with Gasteiger partial charge in [0.1, 0.15) is 17.3 Å². The first-order valence-electron chi connectivity index (χ1n) is 7.44. The summed E-state index contributed by atoms with van der Waals surface area (Å²) in [4.78, 5) is 27.1. The van der Waals surface area contributed by atoms with Crippen molar-refractivity contribution in [3.05, 3.63) is 30.2 Å². The second kappa shape index (κ2) is 7.60. The fourth-order valence-electron chi connectivity index (χ4n) is 1.76. The number of ether oxygens (including phenoxy) is 1. The highest BCUT2D eigenvalue weighted by Crippen LogP contribution is 2.09. The molecule has 0 fully saturated rings. The van der Waals surface area contributed by atoms with Gasteiger partial charge in [0.05, 0.1) is 0 Å². The van der Waals surface area contributed by atoms with Gasteiger partial charge in [0.15, 0.2) is 5.82 Å². The van der Waals surface area contributed by atoms with E-state index >= 15 is 0 Å². The molecule has 0 aliphatic rings. The maximum Gasteiger partial charge on any atom is 0.408 e. The Kier molecular flexibility index (Phi) is 5.52. The molecule has 1 atom stereocenters. The zero-order chi connectivity index (χ0) is 18.4. The fraction of sp³-hybridized carbons (Fsp3) is 0.400. The van der Waals surface area contributed by atoms with Crippen molar-refractivity contribution in [2.45, 2.75) is 38.8 Å². The molecule has 2 rings (SSSR count). The Morgan fingerprint density at radius 1 is 1.20 bits per heavy atom. The second-order valence-corrected chi connectivity index (χ2v) is 6.10. The zero-order valence-electron chi connectivity index (χ0n) is 14.0. The highest BCUT2D eigenvalue weighted by atomic mass is 16.6. The van der Waals surface area contributed by atoms with Gasteiger partial charge in [-0.25, -0.2) is 9.59 Å². The van der Waals surface area contributed by atoms with Crippen LogP contribution >= 0.6 is 0 Å². The topological polar surface area (TPSA) is 140 Å². The van der Waals surface area contributed by atoms with Crippen LogP contribution in [0.2, 0.25) is 0 Å². The van der Waals surface area contributed by atoms with Crippen molar-refractivity contribution in [1.29, 1.82) is 0 Å². The average Bonchev–Trinajstić information content (AvgIpc) is 2.54. The van der Waals surface area contributed by atoms with Gasteiger partial charge in [0.2, 0.25) is 5.82 Å². The smallest absolute Gasteiger partial charge is 0.408 e. The van der Waals surface area contributed by atoms with E-state index in [1.807, 2.05) is 0 Å². The largest absolute Gasteiger partial charge is 0.480 e. The average molecular weight is 346 g/mol. The first-order valence-corrected chi connectivity index (χ1v) is 7.44. The van der Waals surface area contributed by atoms with Crippen LogP contribution in [0, 0.1) is 0 Å². The monoisotopic (exact) mass is 346 g/mol. The van der Waals surface area contributed by atoms with Crippen molar-refractivity contribution in [3.63, 3.8) is 0 Å². The lowest BCUT2D eigenvalue weighted by atomic mass is 10.2. The van der Waals surface area contributed by atoms with Crippen LogP contribution in [-0.4, -0.2) is 54.2 Å². The van der Waals surface area contributed by atoms with Crippen molar-refractivity contribution in [3.8, 4) is 11.5 Å². The van der Waals surface area contributed by atoms with Gasteiger partial charge in [-0.3, -0.25) is 4.98 Å². The van der Waals surface area contributed by atoms with Gasteiger partial charge in [-0.1, -0.05) is 6.07 Å². The Labute approximate surface area is 143 Å². The van der Waals surface area contributed by atoms with Crippen molar-refractivity contribution in [2.24, 2.45) is 0 Å². The van der Waals surface area contributed by atoms with Gasteiger partial charge in [-0.05, 0) is 32.9 Å². The summed E-state index contributed by atoms with van der Waals surface area (Å²) >= 11 is 0. The molecule has 10 nitrogen and oxygen atoms in total. The van der Waals surface area contributed by atoms with Crippen LogP contribution in [-0.2, 0) is 16.0 Å². The van der Waals surface area contributed by atoms with E-state index in [0.29, 0.717) is 5.69 Å². The predicted molar refractivity (Wildman–Crippen MR) is 85.4 cm³/mol. The Balaban J connectivity index is 2.04. The minimum Gasteiger partial charge on any atom is -0.480 e. The molecular formula is C15H18N6O4. The standard InChI is InChI=1S/C15H18N6O4/c1-15(2,3)25-14(24)17-10(13(22)23)8-11-18-20-12(21-19-11)9-6-4-5-7-16-9/h4-7,10H,8H2,1-3H3,(H,17,24)(H,22,23)/t10-/m0/s1. The molecule has 2 aromatic heterocycles. The zero-order valence-corrected chi connectivity index (χ0v) is 14.0. The summed E-state index contributed by atoms with van der Waals surface area (Å²) in [6.07, 6.45) is 0.556. The van der Waals surface area contributed by atoms with Gasteiger partial charge in [0.25, 0.3) is 0 Å². The lowest BCUT2D eigenvalue weighted by Gasteiger charge is -2.21. The highest BCUT2D eigenvalue weighted by molar-refractivity contribution is 5.80. The lowest BCUT2D eigenvalue weighted by molar-refractivity contribution is -0.139. The molecule has 0 saturated heterocycles. The number of hydrogen-bond donors (Lipinski definition) is 2. The number of aliphatic carboxylic acids is 1. The first-order chi connectivity index (χ1) is 11.7. The van der Waals surface area contributed by atoms with E-state index in [2.05, 4.69) is 30.7 Å². The highest BCUT2D eigenvalue weighted by Gasteiger charge is 2.25. The number of carboxylic acids is 1. The number of nitrogens with one attached hydrogen (secondary N) is 1. The van der Waals surface area contributed by atoms with Crippen molar-refractivity contribution >= 4 is 12.1 Å². The lowest BCUT2D eigenvalue weighted by Crippen LogP contribution is -2.45. The van der Waals surface area contributed by atoms with Crippen LogP contribution in [0.25, 0.3) is 11.5 Å². The molecule has 0 radical (unpaired) electrons. The van der Waals surface area contributed by atoms with E-state index in [1.165, 1.54) is 0 Å². The van der Waals surface area contributed by atoms with Gasteiger partial charge in [-0.2, -0.15) is 0 Å². The van der Waals surface area contributed by atoms with Crippen LogP contribution in [0.4, 0.5) is 4.79 Å². The number of hydrogen-bond acceptors (Lipinski definition) is 8. The summed E-state index contributed by atoms with van der Waals surface area (Å²) in [5, 5.41) is 26.9. The van der Waals surface area contributed by atoms with Crippen LogP contribution in [0.15, 0.2) is 24.4 Å². The predicted octanol–water partition coefficient (Wildman–Crippen LogP) is 0.849. The molecule has 0 aliphatic carbocycles. The molecule has 0 aromatic carbocycles. The maximum absolute atomic E-state index is 11.7. The third-order valence-electron chi connectivity index (χ3n) is 2.79. The minimum absolute atomic E-state index is 0.0724. The molecule has 2 N–H and O–H groups in total. The molecule has 0 unspecified atom stereocenters. The van der Waals surface area contributed by atoms with E-state index in [1.54, 1.807) is 45.2 Å². The van der Waals surface area contributed by atoms with E-state index < -0.39 is 23.7 Å². The number of carbonyl (C=O) groups excluding carboxylic acids is 1. The van der Waals surface area contributed by atoms with Gasteiger partial charge < -0.3 is 15.2 Å². The Bertz CT molecular complexity index is 730.